The van der Waals surface area contributed by atoms with Crippen molar-refractivity contribution < 1.29 is 62.2 Å². The summed E-state index contributed by atoms with van der Waals surface area (Å²) in [7, 11) is 0. The Morgan fingerprint density at radius 3 is 1.67 bits per heavy atom. The maximum Gasteiger partial charge on any atom is 0.388 e. The Kier molecular flexibility index (Phi) is 8.48. The molecule has 0 atom stereocenters. The van der Waals surface area contributed by atoms with Crippen molar-refractivity contribution in [2.24, 2.45) is 0 Å². The topological polar surface area (TPSA) is 26.3 Å². The second kappa shape index (κ2) is 9.53. The number of hydrogen-bond acceptors (Lipinski definition) is 2. The lowest BCUT2D eigenvalue weighted by Gasteiger charge is -2.40. The molecule has 1 aromatic carbocycles. The van der Waals surface area contributed by atoms with Crippen LogP contribution in [0.5, 0.6) is 0 Å². The molecule has 0 saturated heterocycles. The zero-order valence-electron chi connectivity index (χ0n) is 16.4. The number of alkyl halides is 13. The monoisotopic (exact) mass is 570 g/mol. The smallest absolute Gasteiger partial charge is 0.388 e. The van der Waals surface area contributed by atoms with Crippen molar-refractivity contribution in [1.29, 1.82) is 0 Å². The Morgan fingerprint density at radius 1 is 0.758 bits per heavy atom. The molecule has 0 fully saturated rings. The Balaban J connectivity index is 2.83. The molecular weight excluding hydrogens is 556 g/mol. The highest BCUT2D eigenvalue weighted by Gasteiger charge is 2.89. The number of unbranched alkanes of at least 4 members (excludes halogenated alkanes) is 1. The first kappa shape index (κ1) is 29.4. The van der Waals surface area contributed by atoms with E-state index in [1.165, 1.54) is 24.3 Å². The lowest BCUT2D eigenvalue weighted by atomic mass is 9.92. The van der Waals surface area contributed by atoms with E-state index < -0.39 is 66.3 Å². The summed E-state index contributed by atoms with van der Waals surface area (Å²) in [6.07, 6.45) is -3.96. The standard InChI is InChI=1S/C18H15BrF12O2/c1-10-4-6-11(7-5-10)12(32)33-9-3-2-8-13(20,21)14(22,23)15(24,25)16(26,27)17(28,29)18(19,30)31/h4-7H,2-3,8-9H2,1H3. The van der Waals surface area contributed by atoms with Gasteiger partial charge < -0.3 is 4.74 Å². The second-order valence-corrected chi connectivity index (χ2v) is 7.95. The SMILES string of the molecule is Cc1ccc(C(=O)OCCCCC(F)(F)C(F)(F)C(F)(F)C(F)(F)C(F)(F)C(F)(F)Br)cc1. The minimum Gasteiger partial charge on any atom is -0.462 e. The van der Waals surface area contributed by atoms with E-state index in [-0.39, 0.29) is 5.56 Å². The van der Waals surface area contributed by atoms with Gasteiger partial charge in [0.25, 0.3) is 0 Å². The summed E-state index contributed by atoms with van der Waals surface area (Å²) in [4.78, 5) is 5.56. The van der Waals surface area contributed by atoms with E-state index in [1.807, 2.05) is 0 Å². The maximum atomic E-state index is 13.7. The highest BCUT2D eigenvalue weighted by Crippen LogP contribution is 2.61. The van der Waals surface area contributed by atoms with E-state index in [4.69, 9.17) is 0 Å². The third kappa shape index (κ3) is 5.53. The third-order valence-corrected chi connectivity index (χ3v) is 4.90. The number of carbonyl (C=O) groups excluding carboxylic acids is 1. The van der Waals surface area contributed by atoms with Crippen LogP contribution in [0.25, 0.3) is 0 Å². The molecule has 2 nitrogen and oxygen atoms in total. The van der Waals surface area contributed by atoms with E-state index >= 15 is 0 Å². The number of ether oxygens (including phenoxy) is 1. The van der Waals surface area contributed by atoms with Gasteiger partial charge in [0.05, 0.1) is 12.2 Å². The summed E-state index contributed by atoms with van der Waals surface area (Å²) in [6, 6.07) is 5.76. The predicted molar refractivity (Wildman–Crippen MR) is 93.9 cm³/mol. The molecular formula is C18H15BrF12O2. The third-order valence-electron chi connectivity index (χ3n) is 4.40. The van der Waals surface area contributed by atoms with Crippen LogP contribution in [-0.4, -0.2) is 47.0 Å². The molecule has 0 N–H and O–H groups in total. The van der Waals surface area contributed by atoms with Crippen LogP contribution in [0, 0.1) is 6.92 Å². The maximum absolute atomic E-state index is 13.7. The van der Waals surface area contributed by atoms with Crippen molar-refractivity contribution >= 4 is 21.9 Å². The Bertz CT molecular complexity index is 819. The first-order chi connectivity index (χ1) is 14.6. The molecule has 0 unspecified atom stereocenters. The number of benzene rings is 1. The van der Waals surface area contributed by atoms with Gasteiger partial charge in [-0.05, 0) is 47.8 Å². The fourth-order valence-corrected chi connectivity index (χ4v) is 2.59. The first-order valence-corrected chi connectivity index (χ1v) is 9.62. The molecule has 0 aliphatic heterocycles. The van der Waals surface area contributed by atoms with E-state index in [1.54, 1.807) is 6.92 Å². The molecule has 0 bridgehead atoms. The van der Waals surface area contributed by atoms with Crippen LogP contribution in [0.4, 0.5) is 52.7 Å². The van der Waals surface area contributed by atoms with Crippen LogP contribution < -0.4 is 0 Å². The summed E-state index contributed by atoms with van der Waals surface area (Å²) in [5.41, 5.74) is 0.832. The molecule has 33 heavy (non-hydrogen) atoms. The first-order valence-electron chi connectivity index (χ1n) is 8.83. The van der Waals surface area contributed by atoms with Crippen LogP contribution in [0.2, 0.25) is 0 Å². The molecule has 0 amide bonds. The van der Waals surface area contributed by atoms with Crippen LogP contribution in [-0.2, 0) is 4.74 Å². The quantitative estimate of drug-likeness (QED) is 0.119. The summed E-state index contributed by atoms with van der Waals surface area (Å²) in [5.74, 6) is -36.4. The highest BCUT2D eigenvalue weighted by atomic mass is 79.9. The predicted octanol–water partition coefficient (Wildman–Crippen LogP) is 7.49. The molecule has 0 aromatic heterocycles. The average molecular weight is 571 g/mol. The fourth-order valence-electron chi connectivity index (χ4n) is 2.35. The van der Waals surface area contributed by atoms with Crippen molar-refractivity contribution in [3.05, 3.63) is 35.4 Å². The molecule has 190 valence electrons. The van der Waals surface area contributed by atoms with Crippen LogP contribution in [0.3, 0.4) is 0 Å². The minimum atomic E-state index is -7.58. The zero-order valence-corrected chi connectivity index (χ0v) is 18.0. The molecule has 1 aromatic rings. The van der Waals surface area contributed by atoms with Gasteiger partial charge in [0.2, 0.25) is 0 Å². The molecule has 0 saturated carbocycles. The molecule has 15 heteroatoms. The van der Waals surface area contributed by atoms with Crippen LogP contribution in [0.15, 0.2) is 24.3 Å². The van der Waals surface area contributed by atoms with Crippen LogP contribution in [0.1, 0.15) is 35.2 Å². The number of carbonyl (C=O) groups is 1. The van der Waals surface area contributed by atoms with Gasteiger partial charge in [-0.1, -0.05) is 17.7 Å². The second-order valence-electron chi connectivity index (χ2n) is 6.96. The lowest BCUT2D eigenvalue weighted by molar-refractivity contribution is -0.415. The van der Waals surface area contributed by atoms with Gasteiger partial charge in [-0.3, -0.25) is 0 Å². The van der Waals surface area contributed by atoms with E-state index in [9.17, 15) is 57.5 Å². The number of esters is 1. The van der Waals surface area contributed by atoms with Crippen molar-refractivity contribution in [3.63, 3.8) is 0 Å². The number of halogens is 13. The van der Waals surface area contributed by atoms with Gasteiger partial charge in [-0.25, -0.2) is 4.79 Å². The molecule has 1 rings (SSSR count). The van der Waals surface area contributed by atoms with Crippen LogP contribution >= 0.6 is 15.9 Å². The number of aryl methyl sites for hydroxylation is 1. The fraction of sp³-hybridized carbons (Fsp3) is 0.611. The van der Waals surface area contributed by atoms with Gasteiger partial charge in [-0.15, -0.1) is 0 Å². The Morgan fingerprint density at radius 2 is 1.21 bits per heavy atom. The normalized spacial score (nSPS) is 14.4. The van der Waals surface area contributed by atoms with E-state index in [0.717, 1.165) is 5.56 Å². The van der Waals surface area contributed by atoms with E-state index in [2.05, 4.69) is 4.74 Å². The summed E-state index contributed by atoms with van der Waals surface area (Å²) < 4.78 is 164. The summed E-state index contributed by atoms with van der Waals surface area (Å²) >= 11 is 0.666. The number of hydrogen-bond donors (Lipinski definition) is 0. The van der Waals surface area contributed by atoms with E-state index in [0.29, 0.717) is 15.9 Å². The van der Waals surface area contributed by atoms with Crippen molar-refractivity contribution in [1.82, 2.24) is 0 Å². The van der Waals surface area contributed by atoms with Gasteiger partial charge in [0.15, 0.2) is 0 Å². The number of rotatable bonds is 11. The van der Waals surface area contributed by atoms with Crippen molar-refractivity contribution in [3.8, 4) is 0 Å². The van der Waals surface area contributed by atoms with Gasteiger partial charge >= 0.3 is 40.4 Å². The van der Waals surface area contributed by atoms with Gasteiger partial charge in [-0.2, -0.15) is 52.7 Å². The summed E-state index contributed by atoms with van der Waals surface area (Å²) in [5, 5.41) is 0. The largest absolute Gasteiger partial charge is 0.462 e. The molecule has 0 aliphatic rings. The molecule has 0 aliphatic carbocycles. The van der Waals surface area contributed by atoms with Crippen molar-refractivity contribution in [2.45, 2.75) is 60.6 Å². The lowest BCUT2D eigenvalue weighted by Crippen LogP contribution is -2.69. The Hall–Kier alpha value is -1.67. The average Bonchev–Trinajstić information content (AvgIpc) is 2.66. The Labute approximate surface area is 187 Å². The van der Waals surface area contributed by atoms with Gasteiger partial charge in [0.1, 0.15) is 0 Å². The van der Waals surface area contributed by atoms with Gasteiger partial charge in [0, 0.05) is 6.42 Å². The molecule has 0 spiro atoms. The molecule has 0 radical (unpaired) electrons. The van der Waals surface area contributed by atoms with Crippen molar-refractivity contribution in [2.75, 3.05) is 6.61 Å². The molecule has 0 heterocycles. The zero-order chi connectivity index (χ0) is 26.1. The summed E-state index contributed by atoms with van der Waals surface area (Å²) in [6.45, 7) is 1.05. The highest BCUT2D eigenvalue weighted by molar-refractivity contribution is 9.10. The minimum absolute atomic E-state index is 0.0452.